The van der Waals surface area contributed by atoms with E-state index in [1.54, 1.807) is 12.1 Å². The van der Waals surface area contributed by atoms with Crippen LogP contribution in [-0.2, 0) is 18.8 Å². The van der Waals surface area contributed by atoms with Gasteiger partial charge in [-0.15, -0.1) is 0 Å². The molecule has 5 nitrogen and oxygen atoms in total. The van der Waals surface area contributed by atoms with Crippen LogP contribution in [0.4, 0.5) is 37.8 Å². The predicted molar refractivity (Wildman–Crippen MR) is 149 cm³/mol. The van der Waals surface area contributed by atoms with Gasteiger partial charge in [-0.25, -0.2) is 15.0 Å². The fourth-order valence-electron chi connectivity index (χ4n) is 6.11. The van der Waals surface area contributed by atoms with Crippen LogP contribution in [0.25, 0.3) is 22.2 Å². The monoisotopic (exact) mass is 587 g/mol. The number of nitrogens with zero attached hydrogens (tertiary/aromatic N) is 4. The Morgan fingerprint density at radius 3 is 2.38 bits per heavy atom. The normalized spacial score (nSPS) is 19.5. The fourth-order valence-corrected chi connectivity index (χ4v) is 6.11. The summed E-state index contributed by atoms with van der Waals surface area (Å²) in [5.41, 5.74) is -1.02. The Labute approximate surface area is 239 Å². The van der Waals surface area contributed by atoms with Crippen molar-refractivity contribution in [3.63, 3.8) is 0 Å². The molecule has 2 atom stereocenters. The highest BCUT2D eigenvalue weighted by Gasteiger charge is 2.35. The van der Waals surface area contributed by atoms with Gasteiger partial charge in [0.05, 0.1) is 28.7 Å². The number of anilines is 2. The maximum atomic E-state index is 13.8. The van der Waals surface area contributed by atoms with Gasteiger partial charge in [0.2, 0.25) is 0 Å². The lowest BCUT2D eigenvalue weighted by atomic mass is 9.79. The topological polar surface area (TPSA) is 63.6 Å². The minimum Gasteiger partial charge on any atom is -0.338 e. The van der Waals surface area contributed by atoms with Crippen LogP contribution in [0.15, 0.2) is 54.9 Å². The molecular weight excluding hydrogens is 556 g/mol. The van der Waals surface area contributed by atoms with Crippen LogP contribution in [0.2, 0.25) is 0 Å². The molecule has 0 radical (unpaired) electrons. The zero-order valence-electron chi connectivity index (χ0n) is 23.4. The van der Waals surface area contributed by atoms with E-state index in [9.17, 15) is 26.3 Å². The summed E-state index contributed by atoms with van der Waals surface area (Å²) >= 11 is 0. The minimum absolute atomic E-state index is 0.143. The van der Waals surface area contributed by atoms with Crippen molar-refractivity contribution in [2.75, 3.05) is 5.32 Å². The minimum atomic E-state index is -4.60. The molecule has 1 fully saturated rings. The summed E-state index contributed by atoms with van der Waals surface area (Å²) in [6, 6.07) is 9.01. The summed E-state index contributed by atoms with van der Waals surface area (Å²) in [7, 11) is 0. The number of rotatable bonds is 5. The number of benzene rings is 1. The van der Waals surface area contributed by atoms with Crippen LogP contribution in [0.3, 0.4) is 0 Å². The van der Waals surface area contributed by atoms with Gasteiger partial charge in [0, 0.05) is 23.6 Å². The first-order valence-electron chi connectivity index (χ1n) is 13.8. The lowest BCUT2D eigenvalue weighted by molar-refractivity contribution is -0.141. The number of halogens is 6. The Bertz CT molecular complexity index is 1560. The molecule has 0 saturated heterocycles. The largest absolute Gasteiger partial charge is 0.433 e. The second-order valence-electron chi connectivity index (χ2n) is 12.0. The number of hydrogen-bond acceptors (Lipinski definition) is 5. The lowest BCUT2D eigenvalue weighted by Gasteiger charge is -2.27. The first-order chi connectivity index (χ1) is 19.7. The van der Waals surface area contributed by atoms with Gasteiger partial charge in [-0.05, 0) is 72.9 Å². The van der Waals surface area contributed by atoms with Crippen molar-refractivity contribution >= 4 is 22.4 Å². The number of pyridine rings is 2. The predicted octanol–water partition coefficient (Wildman–Crippen LogP) is 9.26. The van der Waals surface area contributed by atoms with Gasteiger partial charge < -0.3 is 5.32 Å². The highest BCUT2D eigenvalue weighted by Crippen LogP contribution is 2.41. The summed E-state index contributed by atoms with van der Waals surface area (Å²) in [6.45, 7) is 6.77. The van der Waals surface area contributed by atoms with E-state index < -0.39 is 23.6 Å². The average molecular weight is 588 g/mol. The van der Waals surface area contributed by atoms with Crippen LogP contribution in [-0.4, -0.2) is 19.9 Å². The third-order valence-electron chi connectivity index (χ3n) is 7.73. The van der Waals surface area contributed by atoms with Crippen molar-refractivity contribution in [2.24, 2.45) is 17.3 Å². The molecular formula is C31H31F6N5. The second kappa shape index (κ2) is 11.1. The van der Waals surface area contributed by atoms with Crippen LogP contribution < -0.4 is 5.32 Å². The van der Waals surface area contributed by atoms with Gasteiger partial charge in [-0.2, -0.15) is 26.3 Å². The molecule has 1 saturated carbocycles. The molecule has 0 aliphatic heterocycles. The summed E-state index contributed by atoms with van der Waals surface area (Å²) in [4.78, 5) is 17.0. The van der Waals surface area contributed by atoms with E-state index in [0.717, 1.165) is 44.0 Å². The second-order valence-corrected chi connectivity index (χ2v) is 12.0. The smallest absolute Gasteiger partial charge is 0.338 e. The molecule has 5 rings (SSSR count). The third-order valence-corrected chi connectivity index (χ3v) is 7.73. The Balaban J connectivity index is 1.57. The van der Waals surface area contributed by atoms with Gasteiger partial charge in [0.1, 0.15) is 17.3 Å². The molecule has 1 aliphatic rings. The van der Waals surface area contributed by atoms with Crippen LogP contribution in [0, 0.1) is 17.3 Å². The molecule has 222 valence electrons. The number of nitrogens with one attached hydrogen (secondary N) is 1. The van der Waals surface area contributed by atoms with Gasteiger partial charge in [-0.1, -0.05) is 33.3 Å². The van der Waals surface area contributed by atoms with Crippen molar-refractivity contribution < 1.29 is 26.3 Å². The van der Waals surface area contributed by atoms with E-state index >= 15 is 0 Å². The number of aromatic nitrogens is 4. The molecule has 0 spiro atoms. The van der Waals surface area contributed by atoms with Crippen molar-refractivity contribution in [2.45, 2.75) is 65.2 Å². The van der Waals surface area contributed by atoms with E-state index in [1.807, 2.05) is 0 Å². The highest BCUT2D eigenvalue weighted by atomic mass is 19.4. The van der Waals surface area contributed by atoms with Crippen LogP contribution in [0.5, 0.6) is 0 Å². The molecule has 0 amide bonds. The molecule has 11 heteroatoms. The van der Waals surface area contributed by atoms with Gasteiger partial charge in [0.25, 0.3) is 0 Å². The Hall–Kier alpha value is -3.76. The SMILES string of the molecule is CC1CCC(Cc2nc(Nc3ccc(C(F)(F)F)nc3)c3ccc(-c4ncccc4C(F)(F)F)cc3n2)CC(C)(C)C1. The van der Waals surface area contributed by atoms with Crippen molar-refractivity contribution in [1.29, 1.82) is 0 Å². The summed E-state index contributed by atoms with van der Waals surface area (Å²) in [5.74, 6) is 1.74. The summed E-state index contributed by atoms with van der Waals surface area (Å²) in [5, 5.41) is 3.56. The lowest BCUT2D eigenvalue weighted by Crippen LogP contribution is -2.18. The Morgan fingerprint density at radius 1 is 0.905 bits per heavy atom. The fraction of sp³-hybridized carbons (Fsp3) is 0.419. The molecule has 42 heavy (non-hydrogen) atoms. The van der Waals surface area contributed by atoms with Crippen molar-refractivity contribution in [3.8, 4) is 11.3 Å². The Kier molecular flexibility index (Phi) is 7.89. The third kappa shape index (κ3) is 6.82. The first kappa shape index (κ1) is 29.7. The van der Waals surface area contributed by atoms with E-state index in [2.05, 4.69) is 36.1 Å². The number of alkyl halides is 6. The number of fused-ring (bicyclic) bond motifs is 1. The van der Waals surface area contributed by atoms with E-state index in [4.69, 9.17) is 9.97 Å². The summed E-state index contributed by atoms with van der Waals surface area (Å²) < 4.78 is 80.4. The zero-order chi connectivity index (χ0) is 30.3. The average Bonchev–Trinajstić information content (AvgIpc) is 3.03. The molecule has 3 heterocycles. The molecule has 3 aromatic heterocycles. The quantitative estimate of drug-likeness (QED) is 0.186. The van der Waals surface area contributed by atoms with Gasteiger partial charge >= 0.3 is 12.4 Å². The zero-order valence-corrected chi connectivity index (χ0v) is 23.4. The molecule has 1 N–H and O–H groups in total. The molecule has 4 aromatic rings. The molecule has 1 aromatic carbocycles. The van der Waals surface area contributed by atoms with Gasteiger partial charge in [0.15, 0.2) is 0 Å². The van der Waals surface area contributed by atoms with E-state index in [-0.39, 0.29) is 22.4 Å². The van der Waals surface area contributed by atoms with Crippen LogP contribution >= 0.6 is 0 Å². The van der Waals surface area contributed by atoms with Gasteiger partial charge in [-0.3, -0.25) is 4.98 Å². The van der Waals surface area contributed by atoms with Crippen molar-refractivity contribution in [3.05, 3.63) is 71.9 Å². The first-order valence-corrected chi connectivity index (χ1v) is 13.8. The maximum absolute atomic E-state index is 13.8. The number of hydrogen-bond donors (Lipinski definition) is 1. The molecule has 0 bridgehead atoms. The van der Waals surface area contributed by atoms with Crippen molar-refractivity contribution in [1.82, 2.24) is 19.9 Å². The summed E-state index contributed by atoms with van der Waals surface area (Å²) in [6.07, 6.45) is -2.06. The Morgan fingerprint density at radius 2 is 1.69 bits per heavy atom. The highest BCUT2D eigenvalue weighted by molar-refractivity contribution is 5.93. The van der Waals surface area contributed by atoms with E-state index in [0.29, 0.717) is 40.8 Å². The maximum Gasteiger partial charge on any atom is 0.433 e. The molecule has 1 aliphatic carbocycles. The molecule has 2 unspecified atom stereocenters. The van der Waals surface area contributed by atoms with Crippen LogP contribution in [0.1, 0.15) is 63.5 Å². The standard InChI is InChI=1S/C31H31F6N5/c1-18-6-7-19(16-29(2,3)15-18)13-26-41-24-14-20(27-23(30(32,33)34)5-4-12-38-27)8-10-22(24)28(42-26)40-21-9-11-25(39-17-21)31(35,36)37/h4-5,8-12,14,17-19H,6-7,13,15-16H2,1-3H3,(H,40,41,42). The van der Waals surface area contributed by atoms with E-state index in [1.165, 1.54) is 24.4 Å².